The Balaban J connectivity index is 1.99. The molecule has 0 spiro atoms. The van der Waals surface area contributed by atoms with Gasteiger partial charge in [-0.15, -0.1) is 0 Å². The Hall–Kier alpha value is -1.02. The molecule has 2 nitrogen and oxygen atoms in total. The van der Waals surface area contributed by atoms with Crippen LogP contribution in [0.5, 0.6) is 5.75 Å². The Morgan fingerprint density at radius 2 is 1.82 bits per heavy atom. The fraction of sp³-hybridized carbons (Fsp3) is 0.600. The van der Waals surface area contributed by atoms with Gasteiger partial charge in [-0.3, -0.25) is 0 Å². The maximum Gasteiger partial charge on any atom is 0.119 e. The van der Waals surface area contributed by atoms with E-state index >= 15 is 0 Å². The van der Waals surface area contributed by atoms with Gasteiger partial charge in [0.2, 0.25) is 0 Å². The molecule has 0 bridgehead atoms. The number of rotatable bonds is 8. The molecule has 0 aliphatic rings. The Kier molecular flexibility index (Phi) is 6.71. The molecule has 1 rings (SSSR count). The molecule has 0 radical (unpaired) electrons. The molecule has 0 aliphatic heterocycles. The van der Waals surface area contributed by atoms with Crippen LogP contribution in [0.2, 0.25) is 0 Å². The van der Waals surface area contributed by atoms with Gasteiger partial charge in [-0.2, -0.15) is 0 Å². The molecule has 0 unspecified atom stereocenters. The van der Waals surface area contributed by atoms with Crippen LogP contribution in [-0.2, 0) is 0 Å². The maximum absolute atomic E-state index is 5.63. The van der Waals surface area contributed by atoms with Crippen molar-refractivity contribution in [3.8, 4) is 5.75 Å². The van der Waals surface area contributed by atoms with Crippen molar-refractivity contribution in [1.29, 1.82) is 0 Å². The van der Waals surface area contributed by atoms with E-state index in [1.54, 1.807) is 0 Å². The third-order valence-electron chi connectivity index (χ3n) is 2.70. The monoisotopic (exact) mass is 235 g/mol. The molecule has 0 saturated carbocycles. The molecule has 0 amide bonds. The van der Waals surface area contributed by atoms with E-state index in [0.717, 1.165) is 31.4 Å². The van der Waals surface area contributed by atoms with Crippen molar-refractivity contribution < 1.29 is 4.74 Å². The first kappa shape index (κ1) is 14.0. The molecule has 0 aliphatic carbocycles. The van der Waals surface area contributed by atoms with Crippen molar-refractivity contribution in [2.45, 2.75) is 33.6 Å². The molecular weight excluding hydrogens is 210 g/mol. The van der Waals surface area contributed by atoms with Gasteiger partial charge in [0.25, 0.3) is 0 Å². The highest BCUT2D eigenvalue weighted by molar-refractivity contribution is 5.26. The molecule has 0 fully saturated rings. The first-order chi connectivity index (χ1) is 8.18. The second kappa shape index (κ2) is 8.13. The first-order valence-corrected chi connectivity index (χ1v) is 6.58. The summed E-state index contributed by atoms with van der Waals surface area (Å²) >= 11 is 0. The summed E-state index contributed by atoms with van der Waals surface area (Å²) < 4.78 is 5.63. The van der Waals surface area contributed by atoms with E-state index in [9.17, 15) is 0 Å². The largest absolute Gasteiger partial charge is 0.492 e. The molecule has 1 aromatic rings. The summed E-state index contributed by atoms with van der Waals surface area (Å²) in [5.41, 5.74) is 1.27. The molecule has 17 heavy (non-hydrogen) atoms. The fourth-order valence-electron chi connectivity index (χ4n) is 1.64. The third kappa shape index (κ3) is 7.01. The lowest BCUT2D eigenvalue weighted by Gasteiger charge is -2.08. The van der Waals surface area contributed by atoms with Gasteiger partial charge >= 0.3 is 0 Å². The van der Waals surface area contributed by atoms with Crippen LogP contribution in [0, 0.1) is 12.8 Å². The van der Waals surface area contributed by atoms with Gasteiger partial charge in [-0.05, 0) is 44.4 Å². The number of ether oxygens (including phenoxy) is 1. The minimum atomic E-state index is 0.741. The van der Waals surface area contributed by atoms with Gasteiger partial charge in [-0.25, -0.2) is 0 Å². The van der Waals surface area contributed by atoms with E-state index in [4.69, 9.17) is 4.74 Å². The van der Waals surface area contributed by atoms with Gasteiger partial charge in [0.1, 0.15) is 12.4 Å². The number of nitrogens with one attached hydrogen (secondary N) is 1. The standard InChI is InChI=1S/C15H25NO/c1-13(2)5-4-10-16-11-12-17-15-8-6-14(3)7-9-15/h6-9,13,16H,4-5,10-12H2,1-3H3. The summed E-state index contributed by atoms with van der Waals surface area (Å²) in [6.45, 7) is 9.37. The topological polar surface area (TPSA) is 21.3 Å². The van der Waals surface area contributed by atoms with Gasteiger partial charge < -0.3 is 10.1 Å². The maximum atomic E-state index is 5.63. The summed E-state index contributed by atoms with van der Waals surface area (Å²) in [6.07, 6.45) is 2.55. The fourth-order valence-corrected chi connectivity index (χ4v) is 1.64. The molecule has 1 N–H and O–H groups in total. The van der Waals surface area contributed by atoms with Crippen molar-refractivity contribution in [2.75, 3.05) is 19.7 Å². The summed E-state index contributed by atoms with van der Waals surface area (Å²) in [5, 5.41) is 3.40. The molecule has 0 saturated heterocycles. The second-order valence-electron chi connectivity index (χ2n) is 4.95. The van der Waals surface area contributed by atoms with E-state index < -0.39 is 0 Å². The van der Waals surface area contributed by atoms with Gasteiger partial charge in [0.15, 0.2) is 0 Å². The lowest BCUT2D eigenvalue weighted by atomic mass is 10.1. The van der Waals surface area contributed by atoms with Gasteiger partial charge in [-0.1, -0.05) is 31.5 Å². The van der Waals surface area contributed by atoms with Crippen molar-refractivity contribution in [3.05, 3.63) is 29.8 Å². The average molecular weight is 235 g/mol. The van der Waals surface area contributed by atoms with Crippen LogP contribution in [-0.4, -0.2) is 19.7 Å². The van der Waals surface area contributed by atoms with Crippen LogP contribution in [0.15, 0.2) is 24.3 Å². The van der Waals surface area contributed by atoms with Crippen LogP contribution in [0.4, 0.5) is 0 Å². The lowest BCUT2D eigenvalue weighted by Crippen LogP contribution is -2.22. The van der Waals surface area contributed by atoms with Crippen LogP contribution in [0.1, 0.15) is 32.3 Å². The molecule has 0 atom stereocenters. The quantitative estimate of drug-likeness (QED) is 0.697. The predicted molar refractivity (Wildman–Crippen MR) is 73.6 cm³/mol. The molecule has 2 heteroatoms. The number of hydrogen-bond donors (Lipinski definition) is 1. The van der Waals surface area contributed by atoms with Crippen molar-refractivity contribution in [1.82, 2.24) is 5.32 Å². The molecule has 1 aromatic carbocycles. The molecule has 0 heterocycles. The zero-order valence-corrected chi connectivity index (χ0v) is 11.3. The highest BCUT2D eigenvalue weighted by atomic mass is 16.5. The number of benzene rings is 1. The lowest BCUT2D eigenvalue weighted by molar-refractivity contribution is 0.313. The highest BCUT2D eigenvalue weighted by Crippen LogP contribution is 2.10. The van der Waals surface area contributed by atoms with Crippen molar-refractivity contribution >= 4 is 0 Å². The Morgan fingerprint density at radius 1 is 1.12 bits per heavy atom. The second-order valence-corrected chi connectivity index (χ2v) is 4.95. The average Bonchev–Trinajstić information content (AvgIpc) is 2.30. The van der Waals surface area contributed by atoms with E-state index in [1.165, 1.54) is 18.4 Å². The molecule has 96 valence electrons. The zero-order chi connectivity index (χ0) is 12.5. The summed E-state index contributed by atoms with van der Waals surface area (Å²) in [5.74, 6) is 1.76. The number of hydrogen-bond acceptors (Lipinski definition) is 2. The normalized spacial score (nSPS) is 10.8. The van der Waals surface area contributed by atoms with E-state index in [2.05, 4.69) is 38.2 Å². The van der Waals surface area contributed by atoms with Crippen molar-refractivity contribution in [3.63, 3.8) is 0 Å². The zero-order valence-electron chi connectivity index (χ0n) is 11.3. The SMILES string of the molecule is Cc1ccc(OCCNCCCC(C)C)cc1. The van der Waals surface area contributed by atoms with Crippen LogP contribution < -0.4 is 10.1 Å². The van der Waals surface area contributed by atoms with E-state index in [0.29, 0.717) is 0 Å². The van der Waals surface area contributed by atoms with Crippen molar-refractivity contribution in [2.24, 2.45) is 5.92 Å². The summed E-state index contributed by atoms with van der Waals surface area (Å²) in [7, 11) is 0. The predicted octanol–water partition coefficient (Wildman–Crippen LogP) is 3.40. The Morgan fingerprint density at radius 3 is 2.47 bits per heavy atom. The van der Waals surface area contributed by atoms with Gasteiger partial charge in [0, 0.05) is 6.54 Å². The van der Waals surface area contributed by atoms with E-state index in [-0.39, 0.29) is 0 Å². The van der Waals surface area contributed by atoms with E-state index in [1.807, 2.05) is 12.1 Å². The smallest absolute Gasteiger partial charge is 0.119 e. The van der Waals surface area contributed by atoms with Crippen LogP contribution in [0.3, 0.4) is 0 Å². The van der Waals surface area contributed by atoms with Crippen LogP contribution >= 0.6 is 0 Å². The minimum Gasteiger partial charge on any atom is -0.492 e. The molecular formula is C15H25NO. The summed E-state index contributed by atoms with van der Waals surface area (Å²) in [4.78, 5) is 0. The minimum absolute atomic E-state index is 0.741. The third-order valence-corrected chi connectivity index (χ3v) is 2.70. The molecule has 0 aromatic heterocycles. The highest BCUT2D eigenvalue weighted by Gasteiger charge is 1.95. The Labute approximate surface area is 105 Å². The number of aryl methyl sites for hydroxylation is 1. The summed E-state index contributed by atoms with van der Waals surface area (Å²) in [6, 6.07) is 8.19. The Bertz CT molecular complexity index is 292. The first-order valence-electron chi connectivity index (χ1n) is 6.58. The van der Waals surface area contributed by atoms with Crippen LogP contribution in [0.25, 0.3) is 0 Å². The van der Waals surface area contributed by atoms with Gasteiger partial charge in [0.05, 0.1) is 0 Å².